The molecule has 0 spiro atoms. The predicted molar refractivity (Wildman–Crippen MR) is 163 cm³/mol. The summed E-state index contributed by atoms with van der Waals surface area (Å²) in [7, 11) is 0. The standard InChI is InChI=1S/C32H30F4N8O2/c1-31(44-30(46)39-40-41-44,23-5-7-24(34)8-6-23)32(35,36)29-13-4-22(19-38-29)21-2-9-25(10-3-21)42-14-16-43(17-15-42)26-11-12-27(37-20-26)28(45)18-33/h2-13,19-20,28,45H,14-18H2,1H3,(H,39,41,46)/t28?,31-/m1/s1. The molecule has 0 saturated carbocycles. The first kappa shape index (κ1) is 30.9. The molecule has 10 nitrogen and oxygen atoms in total. The summed E-state index contributed by atoms with van der Waals surface area (Å²) >= 11 is 0. The molecule has 1 saturated heterocycles. The third-order valence-electron chi connectivity index (χ3n) is 8.47. The monoisotopic (exact) mass is 634 g/mol. The molecule has 0 aliphatic carbocycles. The highest BCUT2D eigenvalue weighted by Gasteiger charge is 2.57. The van der Waals surface area contributed by atoms with Gasteiger partial charge in [-0.3, -0.25) is 9.97 Å². The molecule has 6 rings (SSSR count). The van der Waals surface area contributed by atoms with E-state index < -0.39 is 41.4 Å². The van der Waals surface area contributed by atoms with Crippen LogP contribution >= 0.6 is 0 Å². The van der Waals surface area contributed by atoms with E-state index in [4.69, 9.17) is 0 Å². The van der Waals surface area contributed by atoms with Crippen molar-refractivity contribution in [1.82, 2.24) is 30.2 Å². The summed E-state index contributed by atoms with van der Waals surface area (Å²) in [6.07, 6.45) is 1.77. The van der Waals surface area contributed by atoms with Crippen molar-refractivity contribution in [3.8, 4) is 11.1 Å². The van der Waals surface area contributed by atoms with Crippen LogP contribution in [0.2, 0.25) is 0 Å². The lowest BCUT2D eigenvalue weighted by molar-refractivity contribution is -0.103. The highest BCUT2D eigenvalue weighted by atomic mass is 19.3. The van der Waals surface area contributed by atoms with Crippen LogP contribution in [-0.2, 0) is 11.5 Å². The summed E-state index contributed by atoms with van der Waals surface area (Å²) < 4.78 is 59.5. The van der Waals surface area contributed by atoms with Gasteiger partial charge in [0.25, 0.3) is 0 Å². The van der Waals surface area contributed by atoms with Crippen molar-refractivity contribution in [1.29, 1.82) is 0 Å². The Morgan fingerprint density at radius 3 is 2.02 bits per heavy atom. The van der Waals surface area contributed by atoms with Crippen molar-refractivity contribution in [3.05, 3.63) is 118 Å². The maximum Gasteiger partial charge on any atom is 0.362 e. The molecule has 46 heavy (non-hydrogen) atoms. The molecule has 5 aromatic rings. The Labute approximate surface area is 260 Å². The quantitative estimate of drug-likeness (QED) is 0.229. The molecule has 1 aliphatic heterocycles. The minimum absolute atomic E-state index is 0.0554. The summed E-state index contributed by atoms with van der Waals surface area (Å²) in [5, 5.41) is 18.6. The Balaban J connectivity index is 1.16. The molecule has 1 aliphatic rings. The number of hydrogen-bond acceptors (Lipinski definition) is 8. The van der Waals surface area contributed by atoms with Gasteiger partial charge in [-0.25, -0.2) is 18.7 Å². The fraction of sp³-hybridized carbons (Fsp3) is 0.281. The Bertz CT molecular complexity index is 1820. The maximum atomic E-state index is 16.3. The van der Waals surface area contributed by atoms with Gasteiger partial charge in [-0.2, -0.15) is 13.5 Å². The molecule has 2 N–H and O–H groups in total. The molecule has 2 atom stereocenters. The van der Waals surface area contributed by atoms with Gasteiger partial charge in [-0.15, -0.1) is 0 Å². The van der Waals surface area contributed by atoms with Gasteiger partial charge in [-0.1, -0.05) is 30.3 Å². The topological polar surface area (TPSA) is 116 Å². The summed E-state index contributed by atoms with van der Waals surface area (Å²) in [5.41, 5.74) is -0.377. The number of rotatable bonds is 9. The van der Waals surface area contributed by atoms with Crippen LogP contribution in [0, 0.1) is 5.82 Å². The summed E-state index contributed by atoms with van der Waals surface area (Å²) in [6, 6.07) is 18.3. The molecule has 14 heteroatoms. The molecule has 1 fully saturated rings. The first-order valence-electron chi connectivity index (χ1n) is 14.5. The van der Waals surface area contributed by atoms with E-state index in [0.29, 0.717) is 15.9 Å². The zero-order valence-electron chi connectivity index (χ0n) is 24.7. The van der Waals surface area contributed by atoms with Crippen LogP contribution in [0.15, 0.2) is 90.0 Å². The van der Waals surface area contributed by atoms with Crippen LogP contribution < -0.4 is 15.5 Å². The zero-order chi connectivity index (χ0) is 32.5. The molecule has 0 bridgehead atoms. The van der Waals surface area contributed by atoms with Crippen molar-refractivity contribution in [2.75, 3.05) is 42.7 Å². The third-order valence-corrected chi connectivity index (χ3v) is 8.47. The maximum absolute atomic E-state index is 16.3. The van der Waals surface area contributed by atoms with Crippen LogP contribution in [-0.4, -0.2) is 68.1 Å². The van der Waals surface area contributed by atoms with E-state index in [1.807, 2.05) is 35.4 Å². The first-order valence-corrected chi connectivity index (χ1v) is 14.5. The number of nitrogens with one attached hydrogen (secondary N) is 1. The van der Waals surface area contributed by atoms with Crippen LogP contribution in [0.4, 0.5) is 28.9 Å². The molecular formula is C32H30F4N8O2. The smallest absolute Gasteiger partial charge is 0.362 e. The molecule has 238 valence electrons. The number of aliphatic hydroxyl groups is 1. The molecule has 0 radical (unpaired) electrons. The van der Waals surface area contributed by atoms with Gasteiger partial charge in [0.05, 0.1) is 17.6 Å². The van der Waals surface area contributed by atoms with E-state index in [-0.39, 0.29) is 5.56 Å². The average Bonchev–Trinajstić information content (AvgIpc) is 3.54. The van der Waals surface area contributed by atoms with E-state index >= 15 is 8.78 Å². The largest absolute Gasteiger partial charge is 0.384 e. The lowest BCUT2D eigenvalue weighted by Gasteiger charge is -2.37. The molecule has 3 aromatic heterocycles. The van der Waals surface area contributed by atoms with Crippen molar-refractivity contribution >= 4 is 11.4 Å². The van der Waals surface area contributed by atoms with Gasteiger partial charge in [0.15, 0.2) is 5.54 Å². The molecule has 1 unspecified atom stereocenters. The summed E-state index contributed by atoms with van der Waals surface area (Å²) in [6.45, 7) is 3.23. The van der Waals surface area contributed by atoms with E-state index in [9.17, 15) is 18.7 Å². The van der Waals surface area contributed by atoms with Crippen molar-refractivity contribution < 1.29 is 22.7 Å². The van der Waals surface area contributed by atoms with Gasteiger partial charge < -0.3 is 14.9 Å². The minimum Gasteiger partial charge on any atom is -0.384 e. The van der Waals surface area contributed by atoms with Crippen LogP contribution in [0.5, 0.6) is 0 Å². The number of aliphatic hydroxyl groups excluding tert-OH is 1. The van der Waals surface area contributed by atoms with E-state index in [1.165, 1.54) is 30.5 Å². The molecule has 2 aromatic carbocycles. The third kappa shape index (κ3) is 5.60. The van der Waals surface area contributed by atoms with E-state index in [2.05, 4.69) is 30.2 Å². The number of aromatic nitrogens is 6. The second-order valence-corrected chi connectivity index (χ2v) is 11.1. The van der Waals surface area contributed by atoms with Crippen LogP contribution in [0.3, 0.4) is 0 Å². The number of H-pyrrole nitrogens is 1. The second-order valence-electron chi connectivity index (χ2n) is 11.1. The number of halogens is 4. The number of piperazine rings is 1. The van der Waals surface area contributed by atoms with Gasteiger partial charge in [0, 0.05) is 43.6 Å². The highest BCUT2D eigenvalue weighted by molar-refractivity contribution is 5.66. The number of pyridine rings is 2. The number of benzene rings is 2. The van der Waals surface area contributed by atoms with Crippen LogP contribution in [0.1, 0.15) is 30.0 Å². The number of tetrazole rings is 1. The Hall–Kier alpha value is -5.11. The van der Waals surface area contributed by atoms with Crippen molar-refractivity contribution in [3.63, 3.8) is 0 Å². The van der Waals surface area contributed by atoms with Gasteiger partial charge in [0.1, 0.15) is 24.3 Å². The fourth-order valence-corrected chi connectivity index (χ4v) is 5.65. The van der Waals surface area contributed by atoms with Crippen molar-refractivity contribution in [2.45, 2.75) is 24.5 Å². The number of anilines is 2. The molecule has 0 amide bonds. The summed E-state index contributed by atoms with van der Waals surface area (Å²) in [5.74, 6) is -4.38. The molecule has 4 heterocycles. The Kier molecular flexibility index (Phi) is 8.30. The summed E-state index contributed by atoms with van der Waals surface area (Å²) in [4.78, 5) is 25.1. The lowest BCUT2D eigenvalue weighted by atomic mass is 9.83. The number of hydrogen-bond donors (Lipinski definition) is 2. The second kappa shape index (κ2) is 12.4. The van der Waals surface area contributed by atoms with E-state index in [1.54, 1.807) is 12.3 Å². The fourth-order valence-electron chi connectivity index (χ4n) is 5.65. The highest BCUT2D eigenvalue weighted by Crippen LogP contribution is 2.46. The van der Waals surface area contributed by atoms with Gasteiger partial charge in [-0.05, 0) is 70.9 Å². The first-order chi connectivity index (χ1) is 22.1. The Morgan fingerprint density at radius 1 is 0.848 bits per heavy atom. The van der Waals surface area contributed by atoms with Crippen molar-refractivity contribution in [2.24, 2.45) is 0 Å². The SMILES string of the molecule is C[C@](c1ccc(F)cc1)(n1nn[nH]c1=O)C(F)(F)c1ccc(-c2ccc(N3CCN(c4ccc(C(O)CF)nc4)CC3)cc2)cn1. The number of alkyl halides is 3. The van der Waals surface area contributed by atoms with E-state index in [0.717, 1.165) is 62.2 Å². The normalized spacial score (nSPS) is 15.9. The average molecular weight is 635 g/mol. The zero-order valence-corrected chi connectivity index (χ0v) is 24.7. The minimum atomic E-state index is -3.76. The van der Waals surface area contributed by atoms with Gasteiger partial charge >= 0.3 is 11.6 Å². The predicted octanol–water partition coefficient (Wildman–Crippen LogP) is 4.45. The number of aromatic amines is 1. The Morgan fingerprint density at radius 2 is 1.48 bits per heavy atom. The molecular weight excluding hydrogens is 604 g/mol. The van der Waals surface area contributed by atoms with Gasteiger partial charge in [0.2, 0.25) is 0 Å². The number of nitrogens with zero attached hydrogens (tertiary/aromatic N) is 7. The lowest BCUT2D eigenvalue weighted by Crippen LogP contribution is -2.51. The van der Waals surface area contributed by atoms with Crippen LogP contribution in [0.25, 0.3) is 11.1 Å².